The van der Waals surface area contributed by atoms with Crippen molar-refractivity contribution in [1.82, 2.24) is 10.3 Å². The molecule has 1 aromatic heterocycles. The van der Waals surface area contributed by atoms with Crippen LogP contribution in [0.25, 0.3) is 10.9 Å². The van der Waals surface area contributed by atoms with E-state index in [4.69, 9.17) is 11.6 Å². The van der Waals surface area contributed by atoms with E-state index in [2.05, 4.69) is 17.2 Å². The van der Waals surface area contributed by atoms with Crippen molar-refractivity contribution in [2.24, 2.45) is 0 Å². The Morgan fingerprint density at radius 2 is 2.17 bits per heavy atom. The van der Waals surface area contributed by atoms with Gasteiger partial charge in [-0.15, -0.1) is 0 Å². The summed E-state index contributed by atoms with van der Waals surface area (Å²) in [5, 5.41) is 14.7. The molecule has 3 N–H and O–H groups in total. The lowest BCUT2D eigenvalue weighted by molar-refractivity contribution is 0.160. The van der Waals surface area contributed by atoms with E-state index in [9.17, 15) is 5.11 Å². The Labute approximate surface area is 112 Å². The quantitative estimate of drug-likeness (QED) is 0.753. The van der Waals surface area contributed by atoms with Gasteiger partial charge in [-0.3, -0.25) is 0 Å². The summed E-state index contributed by atoms with van der Waals surface area (Å²) in [6.45, 7) is 3.31. The van der Waals surface area contributed by atoms with Crippen LogP contribution in [0.5, 0.6) is 0 Å². The molecule has 0 amide bonds. The van der Waals surface area contributed by atoms with E-state index in [0.717, 1.165) is 34.5 Å². The molecule has 0 bridgehead atoms. The predicted octanol–water partition coefficient (Wildman–Crippen LogP) is 3.07. The minimum Gasteiger partial charge on any atom is -0.392 e. The van der Waals surface area contributed by atoms with E-state index >= 15 is 0 Å². The summed E-state index contributed by atoms with van der Waals surface area (Å²) in [4.78, 5) is 3.29. The molecule has 0 saturated carbocycles. The van der Waals surface area contributed by atoms with Crippen LogP contribution < -0.4 is 5.32 Å². The molecule has 3 nitrogen and oxygen atoms in total. The Morgan fingerprint density at radius 3 is 2.89 bits per heavy atom. The Kier molecular flexibility index (Phi) is 4.64. The van der Waals surface area contributed by atoms with Crippen LogP contribution in [0.15, 0.2) is 24.3 Å². The number of aliphatic hydroxyl groups is 1. The number of benzene rings is 1. The van der Waals surface area contributed by atoms with Crippen molar-refractivity contribution in [1.29, 1.82) is 0 Å². The summed E-state index contributed by atoms with van der Waals surface area (Å²) in [5.41, 5.74) is 2.02. The van der Waals surface area contributed by atoms with Crippen LogP contribution in [0.1, 0.15) is 25.5 Å². The highest BCUT2D eigenvalue weighted by molar-refractivity contribution is 6.36. The fourth-order valence-electron chi connectivity index (χ4n) is 2.08. The summed E-state index contributed by atoms with van der Waals surface area (Å²) in [5.74, 6) is 0. The van der Waals surface area contributed by atoms with Gasteiger partial charge in [-0.25, -0.2) is 0 Å². The summed E-state index contributed by atoms with van der Waals surface area (Å²) in [6, 6.07) is 7.97. The molecular formula is C14H19ClN2O. The van der Waals surface area contributed by atoms with E-state index in [1.54, 1.807) is 0 Å². The highest BCUT2D eigenvalue weighted by Gasteiger charge is 2.09. The van der Waals surface area contributed by atoms with E-state index in [-0.39, 0.29) is 6.10 Å². The Bertz CT molecular complexity index is 509. The van der Waals surface area contributed by atoms with Crippen molar-refractivity contribution in [3.05, 3.63) is 35.0 Å². The minimum absolute atomic E-state index is 0.279. The number of hydrogen-bond acceptors (Lipinski definition) is 2. The Morgan fingerprint density at radius 1 is 1.39 bits per heavy atom. The van der Waals surface area contributed by atoms with E-state index in [1.165, 1.54) is 0 Å². The maximum Gasteiger partial charge on any atom is 0.0705 e. The number of hydrogen-bond donors (Lipinski definition) is 3. The number of halogens is 1. The maximum absolute atomic E-state index is 9.63. The zero-order valence-electron chi connectivity index (χ0n) is 10.5. The van der Waals surface area contributed by atoms with Gasteiger partial charge in [0.1, 0.15) is 0 Å². The van der Waals surface area contributed by atoms with Crippen molar-refractivity contribution in [3.63, 3.8) is 0 Å². The van der Waals surface area contributed by atoms with Gasteiger partial charge in [0.25, 0.3) is 0 Å². The lowest BCUT2D eigenvalue weighted by Gasteiger charge is -2.09. The van der Waals surface area contributed by atoms with Crippen molar-refractivity contribution >= 4 is 22.5 Å². The van der Waals surface area contributed by atoms with Gasteiger partial charge in [-0.05, 0) is 12.5 Å². The lowest BCUT2D eigenvalue weighted by atomic mass is 10.2. The highest BCUT2D eigenvalue weighted by Crippen LogP contribution is 2.26. The average molecular weight is 267 g/mol. The van der Waals surface area contributed by atoms with Crippen LogP contribution in [0.2, 0.25) is 5.02 Å². The first kappa shape index (κ1) is 13.4. The second kappa shape index (κ2) is 6.23. The first-order valence-electron chi connectivity index (χ1n) is 6.36. The monoisotopic (exact) mass is 266 g/mol. The van der Waals surface area contributed by atoms with Crippen molar-refractivity contribution in [2.45, 2.75) is 32.4 Å². The van der Waals surface area contributed by atoms with Crippen molar-refractivity contribution in [3.8, 4) is 0 Å². The molecule has 1 unspecified atom stereocenters. The molecule has 0 aliphatic carbocycles. The van der Waals surface area contributed by atoms with Gasteiger partial charge < -0.3 is 15.4 Å². The van der Waals surface area contributed by atoms with Gasteiger partial charge >= 0.3 is 0 Å². The smallest absolute Gasteiger partial charge is 0.0705 e. The average Bonchev–Trinajstić information content (AvgIpc) is 2.68. The SMILES string of the molecule is CCCC(O)CNCc1[nH]c2ccccc2c1Cl. The molecule has 1 heterocycles. The second-order valence-corrected chi connectivity index (χ2v) is 4.91. The number of nitrogens with one attached hydrogen (secondary N) is 2. The normalized spacial score (nSPS) is 13.1. The van der Waals surface area contributed by atoms with Gasteiger partial charge in [-0.2, -0.15) is 0 Å². The van der Waals surface area contributed by atoms with Crippen LogP contribution in [0, 0.1) is 0 Å². The highest BCUT2D eigenvalue weighted by atomic mass is 35.5. The van der Waals surface area contributed by atoms with Crippen LogP contribution >= 0.6 is 11.6 Å². The van der Waals surface area contributed by atoms with Crippen LogP contribution in [0.4, 0.5) is 0 Å². The molecule has 1 atom stereocenters. The number of fused-ring (bicyclic) bond motifs is 1. The zero-order valence-corrected chi connectivity index (χ0v) is 11.3. The number of H-pyrrole nitrogens is 1. The number of para-hydroxylation sites is 1. The summed E-state index contributed by atoms with van der Waals surface area (Å²) >= 11 is 6.30. The largest absolute Gasteiger partial charge is 0.392 e. The number of aromatic amines is 1. The van der Waals surface area contributed by atoms with Gasteiger partial charge in [0.2, 0.25) is 0 Å². The molecule has 0 spiro atoms. The molecule has 0 saturated heterocycles. The number of aromatic nitrogens is 1. The molecule has 98 valence electrons. The standard InChI is InChI=1S/C14H19ClN2O/c1-2-5-10(18)8-16-9-13-14(15)11-6-3-4-7-12(11)17-13/h3-4,6-7,10,16-18H,2,5,8-9H2,1H3. The second-order valence-electron chi connectivity index (χ2n) is 4.54. The molecular weight excluding hydrogens is 248 g/mol. The lowest BCUT2D eigenvalue weighted by Crippen LogP contribution is -2.26. The molecule has 18 heavy (non-hydrogen) atoms. The van der Waals surface area contributed by atoms with E-state index < -0.39 is 0 Å². The topological polar surface area (TPSA) is 48.0 Å². The number of rotatable bonds is 6. The Hall–Kier alpha value is -1.03. The van der Waals surface area contributed by atoms with E-state index in [1.807, 2.05) is 24.3 Å². The molecule has 1 aromatic carbocycles. The third-order valence-electron chi connectivity index (χ3n) is 3.02. The zero-order chi connectivity index (χ0) is 13.0. The molecule has 4 heteroatoms. The van der Waals surface area contributed by atoms with Crippen LogP contribution in [0.3, 0.4) is 0 Å². The van der Waals surface area contributed by atoms with Gasteiger partial charge in [0.05, 0.1) is 11.1 Å². The maximum atomic E-state index is 9.63. The summed E-state index contributed by atoms with van der Waals surface area (Å²) in [7, 11) is 0. The fraction of sp³-hybridized carbons (Fsp3) is 0.429. The molecule has 0 aliphatic heterocycles. The molecule has 0 fully saturated rings. The Balaban J connectivity index is 1.97. The van der Waals surface area contributed by atoms with E-state index in [0.29, 0.717) is 13.1 Å². The first-order chi connectivity index (χ1) is 8.72. The van der Waals surface area contributed by atoms with Gasteiger partial charge in [-0.1, -0.05) is 43.1 Å². The molecule has 2 rings (SSSR count). The third-order valence-corrected chi connectivity index (χ3v) is 3.45. The molecule has 0 aliphatic rings. The van der Waals surface area contributed by atoms with Crippen LogP contribution in [-0.2, 0) is 6.54 Å². The van der Waals surface area contributed by atoms with Crippen molar-refractivity contribution < 1.29 is 5.11 Å². The van der Waals surface area contributed by atoms with Crippen molar-refractivity contribution in [2.75, 3.05) is 6.54 Å². The number of aliphatic hydroxyl groups excluding tert-OH is 1. The minimum atomic E-state index is -0.279. The van der Waals surface area contributed by atoms with Crippen LogP contribution in [-0.4, -0.2) is 22.7 Å². The molecule has 2 aromatic rings. The first-order valence-corrected chi connectivity index (χ1v) is 6.74. The summed E-state index contributed by atoms with van der Waals surface area (Å²) < 4.78 is 0. The van der Waals surface area contributed by atoms with Gasteiger partial charge in [0, 0.05) is 29.7 Å². The fourth-order valence-corrected chi connectivity index (χ4v) is 2.36. The summed E-state index contributed by atoms with van der Waals surface area (Å²) in [6.07, 6.45) is 1.54. The van der Waals surface area contributed by atoms with Gasteiger partial charge in [0.15, 0.2) is 0 Å². The molecule has 0 radical (unpaired) electrons. The third kappa shape index (κ3) is 3.05. The predicted molar refractivity (Wildman–Crippen MR) is 75.9 cm³/mol.